The number of carbonyl (C=O) groups is 2. The lowest BCUT2D eigenvalue weighted by atomic mass is 9.95. The van der Waals surface area contributed by atoms with E-state index in [-0.39, 0.29) is 16.5 Å². The lowest BCUT2D eigenvalue weighted by Gasteiger charge is -2.22. The zero-order valence-electron chi connectivity index (χ0n) is 27.7. The quantitative estimate of drug-likeness (QED) is 0.0302. The van der Waals surface area contributed by atoms with Crippen molar-refractivity contribution in [3.05, 3.63) is 135 Å². The van der Waals surface area contributed by atoms with Gasteiger partial charge in [-0.1, -0.05) is 103 Å². The lowest BCUT2D eigenvalue weighted by Crippen LogP contribution is -2.29. The molecule has 6 rings (SSSR count). The Kier molecular flexibility index (Phi) is 11.5. The van der Waals surface area contributed by atoms with Crippen LogP contribution in [0.15, 0.2) is 107 Å². The molecule has 1 N–H and O–H groups in total. The van der Waals surface area contributed by atoms with Gasteiger partial charge >= 0.3 is 5.91 Å². The molecule has 11 heteroatoms. The molecule has 0 bridgehead atoms. The number of anilines is 1. The highest BCUT2D eigenvalue weighted by Crippen LogP contribution is 2.44. The van der Waals surface area contributed by atoms with Crippen molar-refractivity contribution in [2.45, 2.75) is 55.9 Å². The van der Waals surface area contributed by atoms with Gasteiger partial charge in [0.2, 0.25) is 5.13 Å². The lowest BCUT2D eigenvalue weighted by molar-refractivity contribution is -0.132. The number of aliphatic hydroxyl groups excluding tert-OH is 1. The number of hydrogen-bond donors (Lipinski definition) is 1. The number of benzene rings is 4. The van der Waals surface area contributed by atoms with Crippen molar-refractivity contribution in [1.82, 2.24) is 10.2 Å². The summed E-state index contributed by atoms with van der Waals surface area (Å²) in [6.45, 7) is 5.16. The number of carbonyl (C=O) groups excluding carboxylic acids is 2. The van der Waals surface area contributed by atoms with Crippen molar-refractivity contribution < 1.29 is 24.2 Å². The number of hydrogen-bond acceptors (Lipinski definition) is 9. The molecule has 1 aliphatic heterocycles. The fraction of sp³-hybridized carbons (Fsp3) is 0.231. The molecule has 50 heavy (non-hydrogen) atoms. The second-order valence-corrected chi connectivity index (χ2v) is 14.4. The van der Waals surface area contributed by atoms with Crippen LogP contribution in [-0.4, -0.2) is 33.6 Å². The summed E-state index contributed by atoms with van der Waals surface area (Å²) in [6, 6.07) is 28.7. The number of ketones is 1. The molecule has 0 spiro atoms. The molecule has 1 aliphatic rings. The Labute approximate surface area is 304 Å². The van der Waals surface area contributed by atoms with Crippen LogP contribution in [0, 0.1) is 6.92 Å². The summed E-state index contributed by atoms with van der Waals surface area (Å²) < 4.78 is 12.5. The van der Waals surface area contributed by atoms with E-state index in [1.807, 2.05) is 79.7 Å². The molecule has 1 unspecified atom stereocenters. The number of ether oxygens (including phenoxy) is 2. The molecule has 1 amide bonds. The summed E-state index contributed by atoms with van der Waals surface area (Å²) in [6.07, 6.45) is 3.12. The van der Waals surface area contributed by atoms with Crippen molar-refractivity contribution in [3.63, 3.8) is 0 Å². The number of amides is 1. The second-order valence-electron chi connectivity index (χ2n) is 11.8. The summed E-state index contributed by atoms with van der Waals surface area (Å²) in [5.74, 6) is 0.0212. The minimum Gasteiger partial charge on any atom is -0.507 e. The van der Waals surface area contributed by atoms with E-state index in [4.69, 9.17) is 21.1 Å². The number of halogens is 1. The molecule has 256 valence electrons. The molecular formula is C39H36ClN3O5S2. The smallest absolute Gasteiger partial charge is 0.301 e. The molecular weight excluding hydrogens is 690 g/mol. The van der Waals surface area contributed by atoms with Crippen molar-refractivity contribution in [2.24, 2.45) is 0 Å². The van der Waals surface area contributed by atoms with Gasteiger partial charge in [0, 0.05) is 16.3 Å². The third-order valence-corrected chi connectivity index (χ3v) is 10.7. The predicted molar refractivity (Wildman–Crippen MR) is 199 cm³/mol. The molecule has 0 aliphatic carbocycles. The van der Waals surface area contributed by atoms with Gasteiger partial charge in [0.15, 0.2) is 4.34 Å². The zero-order valence-corrected chi connectivity index (χ0v) is 30.1. The van der Waals surface area contributed by atoms with Crippen LogP contribution >= 0.6 is 34.7 Å². The SMILES string of the molecule is CCCCCOc1ccc(C2C(=C(O)c3ccc(OCc4ccccc4C)cc3)C(=O)C(=O)N2c2nnc(SCc3ccc(Cl)cc3)s2)cc1. The van der Waals surface area contributed by atoms with E-state index in [0.717, 1.165) is 36.0 Å². The predicted octanol–water partition coefficient (Wildman–Crippen LogP) is 9.57. The van der Waals surface area contributed by atoms with Crippen molar-refractivity contribution in [3.8, 4) is 11.5 Å². The summed E-state index contributed by atoms with van der Waals surface area (Å²) in [7, 11) is 0. The first-order valence-electron chi connectivity index (χ1n) is 16.3. The Balaban J connectivity index is 1.29. The number of aromatic nitrogens is 2. The summed E-state index contributed by atoms with van der Waals surface area (Å²) in [4.78, 5) is 28.8. The maximum atomic E-state index is 13.7. The number of Topliss-reactive ketones (excluding diaryl/α,β-unsaturated/α-hetero) is 1. The van der Waals surface area contributed by atoms with Gasteiger partial charge in [0.05, 0.1) is 18.2 Å². The molecule has 0 saturated carbocycles. The molecule has 1 atom stereocenters. The standard InChI is InChI=1S/C39H36ClN3O5S2/c1-3-4-7-22-47-31-18-12-27(13-19-31)34-33(35(44)28-14-20-32(21-15-28)48-23-29-9-6-5-8-25(29)2)36(45)37(46)43(34)38-41-42-39(50-38)49-24-26-10-16-30(40)17-11-26/h5-6,8-21,34,44H,3-4,7,22-24H2,1-2H3. The van der Waals surface area contributed by atoms with Crippen LogP contribution in [0.2, 0.25) is 5.02 Å². The summed E-state index contributed by atoms with van der Waals surface area (Å²) >= 11 is 8.71. The molecule has 1 aromatic heterocycles. The Morgan fingerprint density at radius 3 is 2.32 bits per heavy atom. The van der Waals surface area contributed by atoms with Gasteiger partial charge < -0.3 is 14.6 Å². The second kappa shape index (κ2) is 16.4. The van der Waals surface area contributed by atoms with Crippen molar-refractivity contribution in [2.75, 3.05) is 11.5 Å². The first kappa shape index (κ1) is 35.2. The first-order valence-corrected chi connectivity index (χ1v) is 18.5. The van der Waals surface area contributed by atoms with Crippen molar-refractivity contribution >= 4 is 57.3 Å². The fourth-order valence-electron chi connectivity index (χ4n) is 5.52. The van der Waals surface area contributed by atoms with E-state index in [9.17, 15) is 14.7 Å². The molecule has 0 radical (unpaired) electrons. The molecule has 1 fully saturated rings. The van der Waals surface area contributed by atoms with E-state index >= 15 is 0 Å². The average Bonchev–Trinajstić information content (AvgIpc) is 3.71. The summed E-state index contributed by atoms with van der Waals surface area (Å²) in [5, 5.41) is 21.2. The minimum absolute atomic E-state index is 0.0363. The van der Waals surface area contributed by atoms with E-state index in [1.54, 1.807) is 24.3 Å². The highest BCUT2D eigenvalue weighted by atomic mass is 35.5. The van der Waals surface area contributed by atoms with Crippen molar-refractivity contribution in [1.29, 1.82) is 0 Å². The average molecular weight is 726 g/mol. The van der Waals surface area contributed by atoms with E-state index in [2.05, 4.69) is 17.1 Å². The van der Waals surface area contributed by atoms with Crippen LogP contribution in [0.25, 0.3) is 5.76 Å². The number of unbranched alkanes of at least 4 members (excludes halogenated alkanes) is 2. The number of nitrogens with zero attached hydrogens (tertiary/aromatic N) is 3. The van der Waals surface area contributed by atoms with Gasteiger partial charge in [-0.3, -0.25) is 14.5 Å². The van der Waals surface area contributed by atoms with E-state index in [1.165, 1.54) is 28.0 Å². The number of aryl methyl sites for hydroxylation is 1. The van der Waals surface area contributed by atoms with Gasteiger partial charge in [-0.05, 0) is 84.1 Å². The molecule has 5 aromatic rings. The molecule has 2 heterocycles. The molecule has 1 saturated heterocycles. The van der Waals surface area contributed by atoms with Gasteiger partial charge in [-0.2, -0.15) is 0 Å². The first-order chi connectivity index (χ1) is 24.3. The maximum Gasteiger partial charge on any atom is 0.301 e. The van der Waals surface area contributed by atoms with Crippen LogP contribution in [0.1, 0.15) is 60.0 Å². The van der Waals surface area contributed by atoms with Crippen LogP contribution < -0.4 is 14.4 Å². The Morgan fingerprint density at radius 1 is 0.900 bits per heavy atom. The Morgan fingerprint density at radius 2 is 1.60 bits per heavy atom. The Hall–Kier alpha value is -4.64. The third-order valence-electron chi connectivity index (χ3n) is 8.32. The largest absolute Gasteiger partial charge is 0.507 e. The van der Waals surface area contributed by atoms with Crippen LogP contribution in [0.4, 0.5) is 5.13 Å². The fourth-order valence-corrected chi connectivity index (χ4v) is 7.46. The van der Waals surface area contributed by atoms with Gasteiger partial charge in [-0.15, -0.1) is 10.2 Å². The topological polar surface area (TPSA) is 102 Å². The maximum absolute atomic E-state index is 13.7. The number of aliphatic hydroxyl groups is 1. The highest BCUT2D eigenvalue weighted by Gasteiger charge is 2.48. The third kappa shape index (κ3) is 8.21. The normalized spacial score (nSPS) is 15.4. The van der Waals surface area contributed by atoms with Gasteiger partial charge in [0.25, 0.3) is 5.78 Å². The Bertz CT molecular complexity index is 1980. The monoisotopic (exact) mass is 725 g/mol. The zero-order chi connectivity index (χ0) is 35.0. The minimum atomic E-state index is -0.941. The molecule has 8 nitrogen and oxygen atoms in total. The van der Waals surface area contributed by atoms with Gasteiger partial charge in [-0.25, -0.2) is 0 Å². The van der Waals surface area contributed by atoms with Gasteiger partial charge in [0.1, 0.15) is 23.9 Å². The van der Waals surface area contributed by atoms with Crippen LogP contribution in [0.5, 0.6) is 11.5 Å². The summed E-state index contributed by atoms with van der Waals surface area (Å²) in [5.41, 5.74) is 4.22. The van der Waals surface area contributed by atoms with Crippen LogP contribution in [-0.2, 0) is 21.9 Å². The number of thioether (sulfide) groups is 1. The van der Waals surface area contributed by atoms with Crippen LogP contribution in [0.3, 0.4) is 0 Å². The molecule has 4 aromatic carbocycles. The highest BCUT2D eigenvalue weighted by molar-refractivity contribution is 8.00. The number of rotatable bonds is 14. The van der Waals surface area contributed by atoms with E-state index in [0.29, 0.717) is 51.0 Å². The van der Waals surface area contributed by atoms with E-state index < -0.39 is 17.7 Å².